The number of anilines is 1. The van der Waals surface area contributed by atoms with Gasteiger partial charge in [-0.25, -0.2) is 4.98 Å². The molecule has 4 rings (SSSR count). The van der Waals surface area contributed by atoms with Gasteiger partial charge in [-0.15, -0.1) is 11.3 Å². The molecule has 3 heterocycles. The maximum Gasteiger partial charge on any atom is 0.293 e. The average molecular weight is 382 g/mol. The van der Waals surface area contributed by atoms with Crippen molar-refractivity contribution in [2.75, 3.05) is 18.0 Å². The SMILES string of the molecule is Cn1c(=O)c(N2CCC(C(=O)NCc3cccs3)CC2)nc2ccccc21. The normalized spacial score (nSPS) is 15.2. The summed E-state index contributed by atoms with van der Waals surface area (Å²) in [6, 6.07) is 11.7. The monoisotopic (exact) mass is 382 g/mol. The molecule has 27 heavy (non-hydrogen) atoms. The second-order valence-corrected chi connectivity index (χ2v) is 7.88. The fourth-order valence-electron chi connectivity index (χ4n) is 3.55. The van der Waals surface area contributed by atoms with E-state index in [9.17, 15) is 9.59 Å². The van der Waals surface area contributed by atoms with Crippen LogP contribution in [0.5, 0.6) is 0 Å². The van der Waals surface area contributed by atoms with Gasteiger partial charge in [0, 0.05) is 30.9 Å². The molecule has 0 atom stereocenters. The Morgan fingerprint density at radius 2 is 2.00 bits per heavy atom. The van der Waals surface area contributed by atoms with Crippen LogP contribution < -0.4 is 15.8 Å². The number of aryl methyl sites for hydroxylation is 1. The maximum absolute atomic E-state index is 12.7. The summed E-state index contributed by atoms with van der Waals surface area (Å²) in [6.07, 6.45) is 1.46. The molecule has 0 spiro atoms. The van der Waals surface area contributed by atoms with Crippen LogP contribution in [0.2, 0.25) is 0 Å². The molecule has 0 radical (unpaired) electrons. The third-order valence-electron chi connectivity index (χ3n) is 5.15. The lowest BCUT2D eigenvalue weighted by Gasteiger charge is -2.32. The summed E-state index contributed by atoms with van der Waals surface area (Å²) in [5.74, 6) is 0.571. The largest absolute Gasteiger partial charge is 0.352 e. The Morgan fingerprint density at radius 3 is 2.74 bits per heavy atom. The highest BCUT2D eigenvalue weighted by atomic mass is 32.1. The molecule has 1 N–H and O–H groups in total. The van der Waals surface area contributed by atoms with Crippen molar-refractivity contribution in [1.82, 2.24) is 14.9 Å². The van der Waals surface area contributed by atoms with Crippen molar-refractivity contribution in [1.29, 1.82) is 0 Å². The maximum atomic E-state index is 12.7. The van der Waals surface area contributed by atoms with Gasteiger partial charge in [0.25, 0.3) is 5.56 Å². The number of rotatable bonds is 4. The summed E-state index contributed by atoms with van der Waals surface area (Å²) in [7, 11) is 1.78. The third kappa shape index (κ3) is 3.60. The highest BCUT2D eigenvalue weighted by Gasteiger charge is 2.27. The standard InChI is InChI=1S/C20H22N4O2S/c1-23-17-7-3-2-6-16(17)22-18(20(23)26)24-10-8-14(9-11-24)19(25)21-13-15-5-4-12-27-15/h2-7,12,14H,8-11,13H2,1H3,(H,21,25). The molecule has 0 aliphatic carbocycles. The van der Waals surface area contributed by atoms with Crippen LogP contribution in [0, 0.1) is 5.92 Å². The zero-order valence-electron chi connectivity index (χ0n) is 15.2. The van der Waals surface area contributed by atoms with E-state index in [4.69, 9.17) is 0 Å². The first-order valence-corrected chi connectivity index (χ1v) is 10.0. The Balaban J connectivity index is 1.43. The van der Waals surface area contributed by atoms with Crippen LogP contribution >= 0.6 is 11.3 Å². The number of carbonyl (C=O) groups excluding carboxylic acids is 1. The molecule has 7 heteroatoms. The van der Waals surface area contributed by atoms with E-state index in [0.29, 0.717) is 25.5 Å². The molecular formula is C20H22N4O2S. The molecule has 6 nitrogen and oxygen atoms in total. The molecule has 0 saturated carbocycles. The lowest BCUT2D eigenvalue weighted by atomic mass is 9.96. The van der Waals surface area contributed by atoms with Crippen molar-refractivity contribution in [2.24, 2.45) is 13.0 Å². The lowest BCUT2D eigenvalue weighted by molar-refractivity contribution is -0.125. The Morgan fingerprint density at radius 1 is 1.22 bits per heavy atom. The molecule has 1 aliphatic rings. The van der Waals surface area contributed by atoms with Crippen molar-refractivity contribution in [3.05, 3.63) is 57.0 Å². The number of nitrogens with zero attached hydrogens (tertiary/aromatic N) is 3. The predicted octanol–water partition coefficient (Wildman–Crippen LogP) is 2.53. The molecular weight excluding hydrogens is 360 g/mol. The highest BCUT2D eigenvalue weighted by molar-refractivity contribution is 7.09. The second-order valence-electron chi connectivity index (χ2n) is 6.85. The van der Waals surface area contributed by atoms with Crippen LogP contribution in [-0.2, 0) is 18.4 Å². The van der Waals surface area contributed by atoms with E-state index >= 15 is 0 Å². The first kappa shape index (κ1) is 17.7. The number of piperidine rings is 1. The van der Waals surface area contributed by atoms with Gasteiger partial charge in [0.2, 0.25) is 5.91 Å². The van der Waals surface area contributed by atoms with E-state index in [1.807, 2.05) is 46.7 Å². The number of para-hydroxylation sites is 2. The van der Waals surface area contributed by atoms with Gasteiger partial charge in [0.15, 0.2) is 5.82 Å². The quantitative estimate of drug-likeness (QED) is 0.753. The Kier molecular flexibility index (Phi) is 4.94. The smallest absolute Gasteiger partial charge is 0.293 e. The van der Waals surface area contributed by atoms with Crippen LogP contribution in [0.1, 0.15) is 17.7 Å². The number of carbonyl (C=O) groups is 1. The fourth-order valence-corrected chi connectivity index (χ4v) is 4.20. The van der Waals surface area contributed by atoms with Crippen LogP contribution in [0.15, 0.2) is 46.6 Å². The topological polar surface area (TPSA) is 67.2 Å². The molecule has 2 aromatic heterocycles. The van der Waals surface area contributed by atoms with E-state index in [1.165, 1.54) is 0 Å². The van der Waals surface area contributed by atoms with E-state index < -0.39 is 0 Å². The van der Waals surface area contributed by atoms with Crippen molar-refractivity contribution >= 4 is 34.1 Å². The predicted molar refractivity (Wildman–Crippen MR) is 108 cm³/mol. The van der Waals surface area contributed by atoms with Crippen LogP contribution in [0.25, 0.3) is 11.0 Å². The molecule has 3 aromatic rings. The highest BCUT2D eigenvalue weighted by Crippen LogP contribution is 2.22. The zero-order chi connectivity index (χ0) is 18.8. The van der Waals surface area contributed by atoms with Gasteiger partial charge < -0.3 is 14.8 Å². The number of fused-ring (bicyclic) bond motifs is 1. The lowest BCUT2D eigenvalue weighted by Crippen LogP contribution is -2.43. The molecule has 140 valence electrons. The van der Waals surface area contributed by atoms with Crippen molar-refractivity contribution in [2.45, 2.75) is 19.4 Å². The van der Waals surface area contributed by atoms with E-state index in [0.717, 1.165) is 28.8 Å². The summed E-state index contributed by atoms with van der Waals surface area (Å²) in [6.45, 7) is 1.92. The molecule has 1 aliphatic heterocycles. The van der Waals surface area contributed by atoms with Crippen LogP contribution in [0.3, 0.4) is 0 Å². The molecule has 1 amide bonds. The summed E-state index contributed by atoms with van der Waals surface area (Å²) < 4.78 is 1.65. The number of aromatic nitrogens is 2. The van der Waals surface area contributed by atoms with Gasteiger partial charge in [0.05, 0.1) is 17.6 Å². The van der Waals surface area contributed by atoms with E-state index in [-0.39, 0.29) is 17.4 Å². The zero-order valence-corrected chi connectivity index (χ0v) is 16.0. The number of hydrogen-bond acceptors (Lipinski definition) is 5. The number of amides is 1. The summed E-state index contributed by atoms with van der Waals surface area (Å²) in [4.78, 5) is 32.9. The summed E-state index contributed by atoms with van der Waals surface area (Å²) in [5, 5.41) is 5.04. The molecule has 0 bridgehead atoms. The van der Waals surface area contributed by atoms with Gasteiger partial charge >= 0.3 is 0 Å². The molecule has 1 fully saturated rings. The van der Waals surface area contributed by atoms with Crippen molar-refractivity contribution in [3.63, 3.8) is 0 Å². The Bertz CT molecular complexity index is 1000. The first-order chi connectivity index (χ1) is 13.1. The van der Waals surface area contributed by atoms with Crippen molar-refractivity contribution < 1.29 is 4.79 Å². The number of benzene rings is 1. The molecule has 1 saturated heterocycles. The first-order valence-electron chi connectivity index (χ1n) is 9.14. The average Bonchev–Trinajstić information content (AvgIpc) is 3.23. The van der Waals surface area contributed by atoms with Gasteiger partial charge in [-0.1, -0.05) is 18.2 Å². The van der Waals surface area contributed by atoms with Gasteiger partial charge in [-0.2, -0.15) is 0 Å². The number of hydrogen-bond donors (Lipinski definition) is 1. The fraction of sp³-hybridized carbons (Fsp3) is 0.350. The van der Waals surface area contributed by atoms with E-state index in [1.54, 1.807) is 23.0 Å². The summed E-state index contributed by atoms with van der Waals surface area (Å²) in [5.41, 5.74) is 1.55. The Hall–Kier alpha value is -2.67. The van der Waals surface area contributed by atoms with E-state index in [2.05, 4.69) is 10.3 Å². The number of thiophene rings is 1. The van der Waals surface area contributed by atoms with Crippen LogP contribution in [-0.4, -0.2) is 28.5 Å². The third-order valence-corrected chi connectivity index (χ3v) is 6.02. The number of nitrogens with one attached hydrogen (secondary N) is 1. The van der Waals surface area contributed by atoms with Crippen molar-refractivity contribution in [3.8, 4) is 0 Å². The van der Waals surface area contributed by atoms with Crippen LogP contribution in [0.4, 0.5) is 5.82 Å². The minimum absolute atomic E-state index is 0.00878. The Labute approximate surface area is 161 Å². The van der Waals surface area contributed by atoms with Gasteiger partial charge in [-0.3, -0.25) is 9.59 Å². The second kappa shape index (κ2) is 7.52. The summed E-state index contributed by atoms with van der Waals surface area (Å²) >= 11 is 1.64. The molecule has 1 aromatic carbocycles. The van der Waals surface area contributed by atoms with Gasteiger partial charge in [-0.05, 0) is 36.4 Å². The molecule has 0 unspecified atom stereocenters. The minimum atomic E-state index is -0.0886. The van der Waals surface area contributed by atoms with Gasteiger partial charge in [0.1, 0.15) is 0 Å². The minimum Gasteiger partial charge on any atom is -0.352 e.